The Bertz CT molecular complexity index is 510. The van der Waals surface area contributed by atoms with Crippen LogP contribution in [0.15, 0.2) is 24.3 Å². The molecule has 0 aromatic heterocycles. The smallest absolute Gasteiger partial charge is 0.307 e. The predicted octanol–water partition coefficient (Wildman–Crippen LogP) is 1.54. The SMILES string of the molecule is [2H]NC(=O)Cc1ccc(C2C(C(=O)O)C2(C)C)cc1. The number of amides is 1. The summed E-state index contributed by atoms with van der Waals surface area (Å²) in [5, 5.41) is 9.15. The van der Waals surface area contributed by atoms with Gasteiger partial charge in [0.05, 0.1) is 12.3 Å². The minimum Gasteiger partial charge on any atom is -0.481 e. The molecule has 0 spiro atoms. The molecular weight excluding hydrogens is 230 g/mol. The maximum absolute atomic E-state index is 11.1. The maximum atomic E-state index is 11.1. The van der Waals surface area contributed by atoms with Crippen LogP contribution >= 0.6 is 0 Å². The lowest BCUT2D eigenvalue weighted by Gasteiger charge is -2.04. The summed E-state index contributed by atoms with van der Waals surface area (Å²) >= 11 is 0. The molecule has 0 aliphatic heterocycles. The van der Waals surface area contributed by atoms with Crippen LogP contribution in [-0.4, -0.2) is 17.0 Å². The van der Waals surface area contributed by atoms with Gasteiger partial charge in [0.25, 0.3) is 0 Å². The lowest BCUT2D eigenvalue weighted by atomic mass is 10.0. The van der Waals surface area contributed by atoms with Gasteiger partial charge in [0.2, 0.25) is 5.91 Å². The zero-order chi connectivity index (χ0) is 14.2. The molecule has 3 N–H and O–H groups in total. The first-order chi connectivity index (χ1) is 8.87. The van der Waals surface area contributed by atoms with E-state index in [1.807, 2.05) is 43.8 Å². The number of aliphatic carboxylic acids is 1. The van der Waals surface area contributed by atoms with Crippen molar-refractivity contribution in [3.63, 3.8) is 0 Å². The summed E-state index contributed by atoms with van der Waals surface area (Å²) in [7, 11) is 0. The quantitative estimate of drug-likeness (QED) is 0.848. The topological polar surface area (TPSA) is 80.4 Å². The molecule has 96 valence electrons. The fourth-order valence-electron chi connectivity index (χ4n) is 2.75. The average molecular weight is 248 g/mol. The summed E-state index contributed by atoms with van der Waals surface area (Å²) < 4.78 is 6.74. The fourth-order valence-corrected chi connectivity index (χ4v) is 2.75. The molecule has 1 aliphatic carbocycles. The first-order valence-electron chi connectivity index (χ1n) is 6.40. The number of hydrogen-bond donors (Lipinski definition) is 2. The minimum atomic E-state index is -0.757. The van der Waals surface area contributed by atoms with E-state index in [9.17, 15) is 9.59 Å². The number of carboxylic acids is 1. The van der Waals surface area contributed by atoms with Gasteiger partial charge in [-0.15, -0.1) is 0 Å². The molecule has 2 rings (SSSR count). The standard InChI is InChI=1S/C14H17NO3/c1-14(2)11(12(14)13(17)18)9-5-3-8(4-6-9)7-10(15)16/h3-6,11-12H,7H2,1-2H3,(H2,15,16)(H,17,18)/i/hD. The van der Waals surface area contributed by atoms with E-state index in [1.54, 1.807) is 0 Å². The molecule has 2 unspecified atom stereocenters. The van der Waals surface area contributed by atoms with E-state index >= 15 is 0 Å². The van der Waals surface area contributed by atoms with Gasteiger partial charge in [-0.3, -0.25) is 9.59 Å². The van der Waals surface area contributed by atoms with Gasteiger partial charge in [-0.25, -0.2) is 0 Å². The lowest BCUT2D eigenvalue weighted by molar-refractivity contribution is -0.139. The van der Waals surface area contributed by atoms with E-state index in [0.29, 0.717) is 0 Å². The monoisotopic (exact) mass is 248 g/mol. The highest BCUT2D eigenvalue weighted by molar-refractivity contribution is 5.78. The highest BCUT2D eigenvalue weighted by atomic mass is 16.4. The highest BCUT2D eigenvalue weighted by Gasteiger charge is 2.62. The second-order valence-corrected chi connectivity index (χ2v) is 5.46. The Morgan fingerprint density at radius 1 is 1.39 bits per heavy atom. The normalized spacial score (nSPS) is 25.1. The van der Waals surface area contributed by atoms with Crippen molar-refractivity contribution in [2.75, 3.05) is 0 Å². The molecule has 1 amide bonds. The maximum Gasteiger partial charge on any atom is 0.307 e. The van der Waals surface area contributed by atoms with Gasteiger partial charge < -0.3 is 10.8 Å². The van der Waals surface area contributed by atoms with Crippen LogP contribution in [0.2, 0.25) is 1.41 Å². The zero-order valence-electron chi connectivity index (χ0n) is 11.4. The Morgan fingerprint density at radius 2 is 2.00 bits per heavy atom. The Labute approximate surface area is 107 Å². The van der Waals surface area contributed by atoms with Gasteiger partial charge in [0, 0.05) is 5.92 Å². The van der Waals surface area contributed by atoms with Crippen molar-refractivity contribution >= 4 is 11.9 Å². The van der Waals surface area contributed by atoms with Crippen LogP contribution in [0.3, 0.4) is 0 Å². The molecule has 4 nitrogen and oxygen atoms in total. The van der Waals surface area contributed by atoms with E-state index in [1.165, 1.54) is 0 Å². The molecule has 2 atom stereocenters. The summed E-state index contributed by atoms with van der Waals surface area (Å²) in [6.07, 6.45) is 0.167. The second kappa shape index (κ2) is 4.12. The van der Waals surface area contributed by atoms with Gasteiger partial charge >= 0.3 is 5.97 Å². The Hall–Kier alpha value is -1.84. The summed E-state index contributed by atoms with van der Waals surface area (Å²) in [6, 6.07) is 7.39. The molecule has 0 saturated heterocycles. The van der Waals surface area contributed by atoms with Crippen molar-refractivity contribution in [2.45, 2.75) is 26.2 Å². The zero-order valence-corrected chi connectivity index (χ0v) is 10.4. The molecule has 0 radical (unpaired) electrons. The minimum absolute atomic E-state index is 0.0315. The molecule has 4 heteroatoms. The summed E-state index contributed by atoms with van der Waals surface area (Å²) in [4.78, 5) is 22.2. The van der Waals surface area contributed by atoms with Crippen molar-refractivity contribution in [1.82, 2.24) is 0 Å². The van der Waals surface area contributed by atoms with Crippen molar-refractivity contribution in [1.29, 1.82) is 0 Å². The number of carboxylic acid groups (broad SMARTS) is 1. The van der Waals surface area contributed by atoms with Crippen LogP contribution in [0, 0.1) is 11.3 Å². The van der Waals surface area contributed by atoms with E-state index in [2.05, 4.69) is 0 Å². The van der Waals surface area contributed by atoms with E-state index in [0.717, 1.165) is 11.1 Å². The molecular formula is C14H17NO3. The largest absolute Gasteiger partial charge is 0.481 e. The molecule has 1 aromatic rings. The lowest BCUT2D eigenvalue weighted by Crippen LogP contribution is -2.13. The molecule has 1 aliphatic rings. The number of hydrogen-bond acceptors (Lipinski definition) is 2. The molecule has 18 heavy (non-hydrogen) atoms. The van der Waals surface area contributed by atoms with Crippen molar-refractivity contribution in [3.05, 3.63) is 35.4 Å². The van der Waals surface area contributed by atoms with Crippen LogP contribution < -0.4 is 5.73 Å². The molecule has 1 fully saturated rings. The average Bonchev–Trinajstić information content (AvgIpc) is 2.93. The summed E-state index contributed by atoms with van der Waals surface area (Å²) in [5.74, 6) is -1.42. The van der Waals surface area contributed by atoms with E-state index in [-0.39, 0.29) is 29.6 Å². The first-order valence-corrected chi connectivity index (χ1v) is 5.90. The Balaban J connectivity index is 2.12. The third-order valence-electron chi connectivity index (χ3n) is 3.80. The van der Waals surface area contributed by atoms with Gasteiger partial charge in [-0.1, -0.05) is 38.1 Å². The third kappa shape index (κ3) is 2.10. The summed E-state index contributed by atoms with van der Waals surface area (Å²) in [6.45, 7) is 3.91. The predicted molar refractivity (Wildman–Crippen MR) is 67.0 cm³/mol. The van der Waals surface area contributed by atoms with Gasteiger partial charge in [-0.2, -0.15) is 0 Å². The Kier molecular flexibility index (Phi) is 2.58. The van der Waals surface area contributed by atoms with Gasteiger partial charge in [0.1, 0.15) is 0 Å². The van der Waals surface area contributed by atoms with Gasteiger partial charge in [0.15, 0.2) is 1.41 Å². The molecule has 0 bridgehead atoms. The van der Waals surface area contributed by atoms with Crippen molar-refractivity contribution in [3.8, 4) is 0 Å². The van der Waals surface area contributed by atoms with Gasteiger partial charge in [-0.05, 0) is 16.5 Å². The Morgan fingerprint density at radius 3 is 2.44 bits per heavy atom. The van der Waals surface area contributed by atoms with Crippen LogP contribution in [0.4, 0.5) is 0 Å². The second-order valence-electron chi connectivity index (χ2n) is 5.46. The third-order valence-corrected chi connectivity index (χ3v) is 3.80. The van der Waals surface area contributed by atoms with Crippen LogP contribution in [0.25, 0.3) is 0 Å². The summed E-state index contributed by atoms with van der Waals surface area (Å²) in [5.41, 5.74) is 3.43. The number of carbonyl (C=O) groups excluding carboxylic acids is 1. The number of rotatable bonds is 4. The first kappa shape index (κ1) is 11.3. The van der Waals surface area contributed by atoms with Crippen molar-refractivity contribution in [2.24, 2.45) is 17.1 Å². The van der Waals surface area contributed by atoms with Crippen molar-refractivity contribution < 1.29 is 16.1 Å². The number of primary amides is 1. The number of nitrogens with two attached hydrogens (primary N) is 1. The molecule has 1 saturated carbocycles. The van der Waals surface area contributed by atoms with Crippen LogP contribution in [0.5, 0.6) is 0 Å². The van der Waals surface area contributed by atoms with E-state index < -0.39 is 5.97 Å². The molecule has 0 heterocycles. The van der Waals surface area contributed by atoms with Crippen LogP contribution in [0.1, 0.15) is 30.9 Å². The van der Waals surface area contributed by atoms with E-state index in [4.69, 9.17) is 6.52 Å². The number of carbonyl (C=O) groups is 2. The van der Waals surface area contributed by atoms with Crippen LogP contribution in [-0.2, 0) is 16.0 Å². The fraction of sp³-hybridized carbons (Fsp3) is 0.429. The highest BCUT2D eigenvalue weighted by Crippen LogP contribution is 2.64. The number of benzene rings is 1. The molecule has 1 aromatic carbocycles.